The molecule has 0 aliphatic heterocycles. The third kappa shape index (κ3) is 3.67. The highest BCUT2D eigenvalue weighted by atomic mass is 32.2. The highest BCUT2D eigenvalue weighted by Crippen LogP contribution is 2.26. The van der Waals surface area contributed by atoms with Crippen LogP contribution in [0, 0.1) is 12.7 Å². The minimum atomic E-state index is -0.438. The van der Waals surface area contributed by atoms with Crippen LogP contribution in [0.4, 0.5) is 15.8 Å². The van der Waals surface area contributed by atoms with Gasteiger partial charge in [0.25, 0.3) is 0 Å². The number of halogens is 1. The number of carbonyl (C=O) groups excluding carboxylic acids is 1. The molecule has 2 aromatic rings. The van der Waals surface area contributed by atoms with Gasteiger partial charge in [0, 0.05) is 0 Å². The van der Waals surface area contributed by atoms with Crippen LogP contribution in [0.1, 0.15) is 12.7 Å². The van der Waals surface area contributed by atoms with E-state index in [1.807, 2.05) is 0 Å². The number of rotatable bonds is 4. The fourth-order valence-electron chi connectivity index (χ4n) is 1.41. The molecule has 0 bridgehead atoms. The van der Waals surface area contributed by atoms with Crippen molar-refractivity contribution in [3.05, 3.63) is 29.8 Å². The van der Waals surface area contributed by atoms with E-state index in [1.165, 1.54) is 41.5 Å². The summed E-state index contributed by atoms with van der Waals surface area (Å²) in [5, 5.41) is 2.31. The van der Waals surface area contributed by atoms with Gasteiger partial charge in [-0.3, -0.25) is 4.79 Å². The second-order valence-electron chi connectivity index (χ2n) is 4.09. The van der Waals surface area contributed by atoms with E-state index in [2.05, 4.69) is 14.7 Å². The number of hydrogen-bond acceptors (Lipinski definition) is 6. The summed E-state index contributed by atoms with van der Waals surface area (Å²) in [4.78, 5) is 16.2. The minimum Gasteiger partial charge on any atom is -0.397 e. The number of aryl methyl sites for hydroxylation is 1. The Labute approximate surface area is 124 Å². The molecule has 0 aliphatic carbocycles. The van der Waals surface area contributed by atoms with Gasteiger partial charge in [0.2, 0.25) is 5.91 Å². The first-order valence-electron chi connectivity index (χ1n) is 5.78. The molecule has 20 heavy (non-hydrogen) atoms. The van der Waals surface area contributed by atoms with Crippen LogP contribution in [0.5, 0.6) is 0 Å². The van der Waals surface area contributed by atoms with Crippen LogP contribution < -0.4 is 11.1 Å². The molecule has 0 aliphatic rings. The van der Waals surface area contributed by atoms with Gasteiger partial charge >= 0.3 is 0 Å². The molecule has 0 spiro atoms. The maximum Gasteiger partial charge on any atom is 0.237 e. The summed E-state index contributed by atoms with van der Waals surface area (Å²) in [5.74, 6) is 0.0290. The van der Waals surface area contributed by atoms with Crippen molar-refractivity contribution in [2.24, 2.45) is 0 Å². The van der Waals surface area contributed by atoms with Crippen LogP contribution in [0.3, 0.4) is 0 Å². The summed E-state index contributed by atoms with van der Waals surface area (Å²) in [6, 6.07) is 3.86. The first-order valence-corrected chi connectivity index (χ1v) is 7.44. The van der Waals surface area contributed by atoms with Gasteiger partial charge in [-0.25, -0.2) is 9.37 Å². The zero-order valence-corrected chi connectivity index (χ0v) is 12.5. The smallest absolute Gasteiger partial charge is 0.237 e. The number of nitrogen functional groups attached to an aromatic ring is 1. The highest BCUT2D eigenvalue weighted by molar-refractivity contribution is 8.02. The third-order valence-corrected chi connectivity index (χ3v) is 4.40. The molecule has 1 aromatic carbocycles. The third-order valence-electron chi connectivity index (χ3n) is 2.43. The quantitative estimate of drug-likeness (QED) is 0.670. The van der Waals surface area contributed by atoms with Crippen molar-refractivity contribution in [1.82, 2.24) is 9.36 Å². The molecule has 106 valence electrons. The second kappa shape index (κ2) is 6.19. The van der Waals surface area contributed by atoms with Crippen molar-refractivity contribution in [3.63, 3.8) is 0 Å². The molecule has 0 fully saturated rings. The molecule has 3 N–H and O–H groups in total. The predicted octanol–water partition coefficient (Wildman–Crippen LogP) is 2.69. The first-order chi connectivity index (χ1) is 9.45. The Morgan fingerprint density at radius 2 is 2.30 bits per heavy atom. The van der Waals surface area contributed by atoms with Gasteiger partial charge in [-0.05, 0) is 43.6 Å². The van der Waals surface area contributed by atoms with Crippen LogP contribution in [-0.4, -0.2) is 20.5 Å². The number of nitrogens with two attached hydrogens (primary N) is 1. The Hall–Kier alpha value is -1.67. The zero-order chi connectivity index (χ0) is 14.7. The van der Waals surface area contributed by atoms with Gasteiger partial charge in [-0.1, -0.05) is 11.8 Å². The molecule has 0 saturated heterocycles. The lowest BCUT2D eigenvalue weighted by Crippen LogP contribution is -2.22. The van der Waals surface area contributed by atoms with Gasteiger partial charge < -0.3 is 11.1 Å². The number of carbonyl (C=O) groups is 1. The summed E-state index contributed by atoms with van der Waals surface area (Å²) in [5.41, 5.74) is 6.24. The number of amides is 1. The summed E-state index contributed by atoms with van der Waals surface area (Å²) >= 11 is 2.57. The Kier molecular flexibility index (Phi) is 4.56. The number of hydrogen-bond donors (Lipinski definition) is 2. The largest absolute Gasteiger partial charge is 0.397 e. The molecule has 1 atom stereocenters. The molecule has 2 rings (SSSR count). The molecule has 0 saturated carbocycles. The van der Waals surface area contributed by atoms with E-state index in [0.29, 0.717) is 11.5 Å². The lowest BCUT2D eigenvalue weighted by molar-refractivity contribution is -0.115. The summed E-state index contributed by atoms with van der Waals surface area (Å²) in [7, 11) is 0. The van der Waals surface area contributed by atoms with E-state index >= 15 is 0 Å². The number of benzene rings is 1. The van der Waals surface area contributed by atoms with Crippen molar-refractivity contribution in [1.29, 1.82) is 0 Å². The molecule has 1 aromatic heterocycles. The molecule has 1 heterocycles. The normalized spacial score (nSPS) is 12.2. The van der Waals surface area contributed by atoms with E-state index in [-0.39, 0.29) is 16.8 Å². The van der Waals surface area contributed by atoms with Gasteiger partial charge in [0.15, 0.2) is 4.34 Å². The number of aromatic nitrogens is 2. The average molecular weight is 312 g/mol. The van der Waals surface area contributed by atoms with Crippen LogP contribution in [0.2, 0.25) is 0 Å². The van der Waals surface area contributed by atoms with E-state index in [0.717, 1.165) is 4.34 Å². The standard InChI is InChI=1S/C12H13FN4OS2/c1-6(19-12-15-7(2)17-20-12)11(18)16-10-4-3-8(13)5-9(10)14/h3-6H,14H2,1-2H3,(H,16,18). The number of nitrogens with zero attached hydrogens (tertiary/aromatic N) is 2. The molecular weight excluding hydrogens is 299 g/mol. The Morgan fingerprint density at radius 3 is 2.90 bits per heavy atom. The zero-order valence-electron chi connectivity index (χ0n) is 10.9. The van der Waals surface area contributed by atoms with Crippen molar-refractivity contribution in [2.45, 2.75) is 23.4 Å². The van der Waals surface area contributed by atoms with E-state index < -0.39 is 5.82 Å². The molecular formula is C12H13FN4OS2. The molecule has 8 heteroatoms. The van der Waals surface area contributed by atoms with Crippen molar-refractivity contribution >= 4 is 40.6 Å². The SMILES string of the molecule is Cc1nsc(SC(C)C(=O)Nc2ccc(F)cc2N)n1. The maximum absolute atomic E-state index is 12.9. The van der Waals surface area contributed by atoms with E-state index in [9.17, 15) is 9.18 Å². The van der Waals surface area contributed by atoms with Crippen molar-refractivity contribution in [3.8, 4) is 0 Å². The molecule has 1 amide bonds. The van der Waals surface area contributed by atoms with Crippen LogP contribution >= 0.6 is 23.3 Å². The Morgan fingerprint density at radius 1 is 1.55 bits per heavy atom. The fourth-order valence-corrected chi connectivity index (χ4v) is 3.21. The second-order valence-corrected chi connectivity index (χ2v) is 6.43. The van der Waals surface area contributed by atoms with Crippen LogP contribution in [0.15, 0.2) is 22.5 Å². The molecule has 0 radical (unpaired) electrons. The summed E-state index contributed by atoms with van der Waals surface area (Å²) < 4.78 is 17.7. The van der Waals surface area contributed by atoms with Crippen molar-refractivity contribution < 1.29 is 9.18 Å². The van der Waals surface area contributed by atoms with E-state index in [4.69, 9.17) is 5.73 Å². The maximum atomic E-state index is 12.9. The highest BCUT2D eigenvalue weighted by Gasteiger charge is 2.17. The van der Waals surface area contributed by atoms with Crippen LogP contribution in [-0.2, 0) is 4.79 Å². The van der Waals surface area contributed by atoms with Gasteiger partial charge in [-0.2, -0.15) is 4.37 Å². The van der Waals surface area contributed by atoms with Gasteiger partial charge in [-0.15, -0.1) is 0 Å². The number of thioether (sulfide) groups is 1. The predicted molar refractivity (Wildman–Crippen MR) is 79.4 cm³/mol. The lowest BCUT2D eigenvalue weighted by atomic mass is 10.2. The minimum absolute atomic E-state index is 0.197. The van der Waals surface area contributed by atoms with Gasteiger partial charge in [0.05, 0.1) is 16.6 Å². The van der Waals surface area contributed by atoms with Crippen molar-refractivity contribution in [2.75, 3.05) is 11.1 Å². The Balaban J connectivity index is 2.00. The molecule has 5 nitrogen and oxygen atoms in total. The fraction of sp³-hybridized carbons (Fsp3) is 0.250. The van der Waals surface area contributed by atoms with E-state index in [1.54, 1.807) is 13.8 Å². The number of nitrogens with one attached hydrogen (secondary N) is 1. The lowest BCUT2D eigenvalue weighted by Gasteiger charge is -2.12. The first kappa shape index (κ1) is 14.7. The topological polar surface area (TPSA) is 80.9 Å². The average Bonchev–Trinajstić information content (AvgIpc) is 2.78. The Bertz CT molecular complexity index is 632. The monoisotopic (exact) mass is 312 g/mol. The number of anilines is 2. The van der Waals surface area contributed by atoms with Crippen LogP contribution in [0.25, 0.3) is 0 Å². The summed E-state index contributed by atoms with van der Waals surface area (Å²) in [6.45, 7) is 3.56. The summed E-state index contributed by atoms with van der Waals surface area (Å²) in [6.07, 6.45) is 0. The molecule has 1 unspecified atom stereocenters. The van der Waals surface area contributed by atoms with Gasteiger partial charge in [0.1, 0.15) is 11.6 Å².